The van der Waals surface area contributed by atoms with Crippen molar-refractivity contribution in [2.45, 2.75) is 13.1 Å². The Morgan fingerprint density at radius 2 is 1.93 bits per heavy atom. The van der Waals surface area contributed by atoms with Gasteiger partial charge < -0.3 is 0 Å². The van der Waals surface area contributed by atoms with E-state index in [0.717, 1.165) is 0 Å². The van der Waals surface area contributed by atoms with E-state index in [2.05, 4.69) is 25.8 Å². The van der Waals surface area contributed by atoms with Gasteiger partial charge in [0.2, 0.25) is 0 Å². The first kappa shape index (κ1) is 14.7. The SMILES string of the molecule is Cc1c[c-]c(C(F)(F)F)c(Cl)c1.[Zn+][I]. The zero-order valence-electron chi connectivity index (χ0n) is 7.25. The molecular weight excluding hydrogens is 381 g/mol. The van der Waals surface area contributed by atoms with Crippen LogP contribution in [0.15, 0.2) is 12.1 Å². The van der Waals surface area contributed by atoms with E-state index in [-0.39, 0.29) is 5.02 Å². The maximum absolute atomic E-state index is 12.1. The third-order valence-electron chi connectivity index (χ3n) is 1.32. The van der Waals surface area contributed by atoms with Gasteiger partial charge in [-0.15, -0.1) is 0 Å². The van der Waals surface area contributed by atoms with Crippen LogP contribution in [-0.4, -0.2) is 0 Å². The van der Waals surface area contributed by atoms with Gasteiger partial charge in [-0.3, -0.25) is 0 Å². The number of aryl methyl sites for hydroxylation is 1. The van der Waals surface area contributed by atoms with E-state index in [1.165, 1.54) is 26.9 Å². The van der Waals surface area contributed by atoms with E-state index in [0.29, 0.717) is 5.56 Å². The predicted octanol–water partition coefficient (Wildman–Crippen LogP) is 4.35. The summed E-state index contributed by atoms with van der Waals surface area (Å²) in [6.45, 7) is 1.66. The van der Waals surface area contributed by atoms with Gasteiger partial charge in [0.05, 0.1) is 0 Å². The molecule has 1 rings (SSSR count). The van der Waals surface area contributed by atoms with Crippen molar-refractivity contribution in [3.8, 4) is 0 Å². The minimum absolute atomic E-state index is 0.303. The molecule has 0 aliphatic carbocycles. The average molecular weight is 386 g/mol. The molecule has 0 amide bonds. The molecule has 0 unspecified atom stereocenters. The number of rotatable bonds is 0. The van der Waals surface area contributed by atoms with Crippen LogP contribution >= 0.6 is 31.4 Å². The fourth-order valence-corrected chi connectivity index (χ4v) is 1.12. The molecule has 1 aromatic carbocycles. The van der Waals surface area contributed by atoms with Crippen LogP contribution in [0.5, 0.6) is 0 Å². The monoisotopic (exact) mass is 384 g/mol. The van der Waals surface area contributed by atoms with Crippen LogP contribution in [0.1, 0.15) is 11.1 Å². The fourth-order valence-electron chi connectivity index (χ4n) is 0.786. The summed E-state index contributed by atoms with van der Waals surface area (Å²) in [6.07, 6.45) is -4.41. The minimum atomic E-state index is -4.41. The number of alkyl halides is 3. The Balaban J connectivity index is 0.000000791. The Labute approximate surface area is 106 Å². The molecule has 1 aromatic rings. The number of hydrogen-bond donors (Lipinski definition) is 0. The van der Waals surface area contributed by atoms with E-state index >= 15 is 0 Å². The second-order valence-corrected chi connectivity index (χ2v) is 2.80. The molecule has 0 saturated carbocycles. The van der Waals surface area contributed by atoms with E-state index < -0.39 is 11.7 Å². The van der Waals surface area contributed by atoms with Crippen molar-refractivity contribution in [3.05, 3.63) is 34.3 Å². The summed E-state index contributed by atoms with van der Waals surface area (Å²) in [5.74, 6) is 0. The summed E-state index contributed by atoms with van der Waals surface area (Å²) in [4.78, 5) is 0. The van der Waals surface area contributed by atoms with Crippen molar-refractivity contribution in [2.24, 2.45) is 0 Å². The van der Waals surface area contributed by atoms with Gasteiger partial charge in [-0.25, -0.2) is 0 Å². The van der Waals surface area contributed by atoms with Crippen LogP contribution in [0.25, 0.3) is 0 Å². The molecule has 14 heavy (non-hydrogen) atoms. The van der Waals surface area contributed by atoms with Crippen LogP contribution in [0.4, 0.5) is 13.2 Å². The van der Waals surface area contributed by atoms with E-state index in [4.69, 9.17) is 11.6 Å². The van der Waals surface area contributed by atoms with Crippen LogP contribution < -0.4 is 0 Å². The molecule has 0 nitrogen and oxygen atoms in total. The predicted molar refractivity (Wildman–Crippen MR) is 54.0 cm³/mol. The van der Waals surface area contributed by atoms with Crippen molar-refractivity contribution in [1.29, 1.82) is 0 Å². The van der Waals surface area contributed by atoms with Crippen LogP contribution in [0.3, 0.4) is 0 Å². The molecule has 0 aromatic heterocycles. The van der Waals surface area contributed by atoms with Gasteiger partial charge in [0.15, 0.2) is 0 Å². The molecule has 0 aliphatic heterocycles. The van der Waals surface area contributed by atoms with Gasteiger partial charge in [-0.2, -0.15) is 48.5 Å². The van der Waals surface area contributed by atoms with Crippen molar-refractivity contribution in [3.63, 3.8) is 0 Å². The summed E-state index contributed by atoms with van der Waals surface area (Å²) < 4.78 is 36.2. The summed E-state index contributed by atoms with van der Waals surface area (Å²) >= 11 is 8.98. The van der Waals surface area contributed by atoms with Gasteiger partial charge in [-0.05, 0) is 5.56 Å². The normalized spacial score (nSPS) is 10.6. The molecule has 0 atom stereocenters. The van der Waals surface area contributed by atoms with Crippen molar-refractivity contribution >= 4 is 31.4 Å². The van der Waals surface area contributed by atoms with Gasteiger partial charge in [-0.1, -0.05) is 11.9 Å². The third-order valence-corrected chi connectivity index (χ3v) is 1.62. The fraction of sp³-hybridized carbons (Fsp3) is 0.250. The summed E-state index contributed by atoms with van der Waals surface area (Å²) in [5.41, 5.74) is -0.247. The van der Waals surface area contributed by atoms with Crippen LogP contribution in [0, 0.1) is 13.0 Å². The number of benzene rings is 1. The third kappa shape index (κ3) is 4.45. The average Bonchev–Trinajstić information content (AvgIpc) is 2.05. The second-order valence-electron chi connectivity index (χ2n) is 2.40. The molecule has 74 valence electrons. The van der Waals surface area contributed by atoms with E-state index in [1.54, 1.807) is 6.92 Å². The van der Waals surface area contributed by atoms with E-state index in [9.17, 15) is 13.2 Å². The quantitative estimate of drug-likeness (QED) is 0.354. The molecule has 0 spiro atoms. The molecule has 0 fully saturated rings. The zero-order chi connectivity index (χ0) is 11.4. The molecular formula is C8H5ClF3IZn. The Morgan fingerprint density at radius 3 is 2.29 bits per heavy atom. The zero-order valence-corrected chi connectivity index (χ0v) is 13.1. The van der Waals surface area contributed by atoms with Gasteiger partial charge in [0.1, 0.15) is 0 Å². The molecule has 0 heterocycles. The Bertz CT molecular complexity index is 301. The first-order valence-electron chi connectivity index (χ1n) is 3.43. The molecule has 0 aliphatic rings. The number of hydrogen-bond acceptors (Lipinski definition) is 0. The molecule has 0 saturated heterocycles. The van der Waals surface area contributed by atoms with Crippen molar-refractivity contribution < 1.29 is 28.0 Å². The molecule has 0 radical (unpaired) electrons. The number of halogens is 5. The molecule has 6 heteroatoms. The van der Waals surface area contributed by atoms with Crippen LogP contribution in [0.2, 0.25) is 5.02 Å². The maximum atomic E-state index is 12.1. The molecule has 0 bridgehead atoms. The summed E-state index contributed by atoms with van der Waals surface area (Å²) in [5, 5.41) is -0.303. The standard InChI is InChI=1S/C8H5ClF3.HI.Zn/c1-5-2-3-6(7(9)4-5)8(10,11)12;;/h2,4H,1H3;1H;/q-1;;+2/p-1. The molecule has 0 N–H and O–H groups in total. The van der Waals surface area contributed by atoms with Gasteiger partial charge >= 0.3 is 40.7 Å². The first-order chi connectivity index (χ1) is 6.41. The second kappa shape index (κ2) is 6.28. The van der Waals surface area contributed by atoms with E-state index in [1.807, 2.05) is 0 Å². The van der Waals surface area contributed by atoms with Gasteiger partial charge in [0, 0.05) is 0 Å². The summed E-state index contributed by atoms with van der Waals surface area (Å²) in [7, 11) is 0. The van der Waals surface area contributed by atoms with Crippen molar-refractivity contribution in [2.75, 3.05) is 0 Å². The Morgan fingerprint density at radius 1 is 1.43 bits per heavy atom. The first-order valence-corrected chi connectivity index (χ1v) is 12.9. The van der Waals surface area contributed by atoms with Gasteiger partial charge in [0.25, 0.3) is 0 Å². The Hall–Kier alpha value is 0.653. The Kier molecular flexibility index (Phi) is 6.58. The van der Waals surface area contributed by atoms with Crippen LogP contribution in [-0.2, 0) is 21.0 Å². The summed E-state index contributed by atoms with van der Waals surface area (Å²) in [6, 6.07) is 4.61. The van der Waals surface area contributed by atoms with Crippen molar-refractivity contribution in [1.82, 2.24) is 0 Å². The topological polar surface area (TPSA) is 0 Å².